The third-order valence-corrected chi connectivity index (χ3v) is 4.69. The Morgan fingerprint density at radius 3 is 2.30 bits per heavy atom. The molecule has 0 aromatic heterocycles. The molecule has 1 N–H and O–H groups in total. The number of alkyl halides is 3. The Hall–Kier alpha value is -1.03. The van der Waals surface area contributed by atoms with Crippen LogP contribution in [0.4, 0.5) is 13.2 Å². The zero-order valence-corrected chi connectivity index (χ0v) is 11.5. The summed E-state index contributed by atoms with van der Waals surface area (Å²) in [6.45, 7) is 0.970. The molecule has 1 heterocycles. The normalized spacial score (nSPS) is 28.1. The van der Waals surface area contributed by atoms with Crippen molar-refractivity contribution in [2.75, 3.05) is 6.54 Å². The van der Waals surface area contributed by atoms with Crippen LogP contribution >= 0.6 is 0 Å². The van der Waals surface area contributed by atoms with Gasteiger partial charge in [-0.05, 0) is 55.8 Å². The molecule has 20 heavy (non-hydrogen) atoms. The van der Waals surface area contributed by atoms with E-state index in [0.717, 1.165) is 31.4 Å². The Morgan fingerprint density at radius 2 is 1.70 bits per heavy atom. The zero-order valence-electron chi connectivity index (χ0n) is 11.5. The summed E-state index contributed by atoms with van der Waals surface area (Å²) >= 11 is 0. The Kier molecular flexibility index (Phi) is 3.53. The summed E-state index contributed by atoms with van der Waals surface area (Å²) in [5.74, 6) is 0.595. The molecule has 2 aliphatic rings. The predicted octanol–water partition coefficient (Wildman–Crippen LogP) is 4.47. The van der Waals surface area contributed by atoms with Gasteiger partial charge in [0.05, 0.1) is 5.56 Å². The lowest BCUT2D eigenvalue weighted by Gasteiger charge is -2.35. The first kappa shape index (κ1) is 13.9. The maximum Gasteiger partial charge on any atom is 0.416 e. The summed E-state index contributed by atoms with van der Waals surface area (Å²) in [6, 6.07) is 5.82. The highest BCUT2D eigenvalue weighted by Gasteiger charge is 2.46. The van der Waals surface area contributed by atoms with Gasteiger partial charge in [0, 0.05) is 5.54 Å². The number of halogens is 3. The largest absolute Gasteiger partial charge is 0.416 e. The van der Waals surface area contributed by atoms with Crippen LogP contribution in [0, 0.1) is 5.92 Å². The second-order valence-electron chi connectivity index (χ2n) is 6.06. The summed E-state index contributed by atoms with van der Waals surface area (Å²) < 4.78 is 38.0. The van der Waals surface area contributed by atoms with Crippen LogP contribution in [0.3, 0.4) is 0 Å². The average Bonchev–Trinajstić information content (AvgIpc) is 3.25. The van der Waals surface area contributed by atoms with Crippen LogP contribution < -0.4 is 5.32 Å². The first-order valence-electron chi connectivity index (χ1n) is 7.45. The minimum atomic E-state index is -4.25. The second kappa shape index (κ2) is 5.06. The maximum atomic E-state index is 12.7. The average molecular weight is 283 g/mol. The molecule has 2 fully saturated rings. The van der Waals surface area contributed by atoms with Crippen LogP contribution in [0.25, 0.3) is 0 Å². The monoisotopic (exact) mass is 283 g/mol. The summed E-state index contributed by atoms with van der Waals surface area (Å²) in [7, 11) is 0. The Morgan fingerprint density at radius 1 is 1.00 bits per heavy atom. The molecule has 0 amide bonds. The van der Waals surface area contributed by atoms with Crippen LogP contribution in [-0.4, -0.2) is 6.54 Å². The second-order valence-corrected chi connectivity index (χ2v) is 6.06. The zero-order chi connectivity index (χ0) is 14.2. The summed E-state index contributed by atoms with van der Waals surface area (Å²) in [4.78, 5) is 0. The van der Waals surface area contributed by atoms with E-state index in [1.54, 1.807) is 12.1 Å². The molecule has 4 heteroatoms. The van der Waals surface area contributed by atoms with Crippen molar-refractivity contribution in [2.24, 2.45) is 5.92 Å². The lowest BCUT2D eigenvalue weighted by molar-refractivity contribution is -0.137. The molecule has 0 radical (unpaired) electrons. The smallest absolute Gasteiger partial charge is 0.307 e. The van der Waals surface area contributed by atoms with E-state index in [1.807, 2.05) is 0 Å². The highest BCUT2D eigenvalue weighted by atomic mass is 19.4. The molecule has 1 aliphatic heterocycles. The standard InChI is InChI=1S/C16H20F3N/c17-16(18,19)14-8-6-13(7-9-14)15(12-4-5-12)10-2-1-3-11-20-15/h6-9,12,20H,1-5,10-11H2. The molecule has 3 rings (SSSR count). The number of hydrogen-bond donors (Lipinski definition) is 1. The van der Waals surface area contributed by atoms with Crippen LogP contribution in [0.1, 0.15) is 49.7 Å². The fourth-order valence-corrected chi connectivity index (χ4v) is 3.47. The number of benzene rings is 1. The van der Waals surface area contributed by atoms with E-state index in [4.69, 9.17) is 0 Å². The van der Waals surface area contributed by atoms with Gasteiger partial charge in [-0.2, -0.15) is 13.2 Å². The van der Waals surface area contributed by atoms with Gasteiger partial charge in [0.15, 0.2) is 0 Å². The first-order valence-corrected chi connectivity index (χ1v) is 7.45. The molecule has 1 unspecified atom stereocenters. The van der Waals surface area contributed by atoms with E-state index < -0.39 is 11.7 Å². The van der Waals surface area contributed by atoms with E-state index in [1.165, 1.54) is 31.4 Å². The SMILES string of the molecule is FC(F)(F)c1ccc(C2(C3CC3)CCCCCN2)cc1. The first-order chi connectivity index (χ1) is 9.52. The van der Waals surface area contributed by atoms with Crippen molar-refractivity contribution in [1.29, 1.82) is 0 Å². The van der Waals surface area contributed by atoms with Crippen LogP contribution in [-0.2, 0) is 11.7 Å². The predicted molar refractivity (Wildman–Crippen MR) is 72.3 cm³/mol. The van der Waals surface area contributed by atoms with E-state index >= 15 is 0 Å². The Labute approximate surface area is 117 Å². The van der Waals surface area contributed by atoms with E-state index in [9.17, 15) is 13.2 Å². The Balaban J connectivity index is 1.91. The van der Waals surface area contributed by atoms with Gasteiger partial charge in [-0.15, -0.1) is 0 Å². The summed E-state index contributed by atoms with van der Waals surface area (Å²) in [6.07, 6.45) is 2.70. The van der Waals surface area contributed by atoms with Crippen LogP contribution in [0.5, 0.6) is 0 Å². The third-order valence-electron chi connectivity index (χ3n) is 4.69. The molecule has 0 bridgehead atoms. The topological polar surface area (TPSA) is 12.0 Å². The van der Waals surface area contributed by atoms with Crippen molar-refractivity contribution in [3.8, 4) is 0 Å². The van der Waals surface area contributed by atoms with Crippen LogP contribution in [0.2, 0.25) is 0 Å². The minimum Gasteiger partial charge on any atom is -0.307 e. The molecule has 0 spiro atoms. The van der Waals surface area contributed by atoms with Gasteiger partial charge < -0.3 is 5.32 Å². The van der Waals surface area contributed by atoms with Gasteiger partial charge in [-0.25, -0.2) is 0 Å². The number of hydrogen-bond acceptors (Lipinski definition) is 1. The van der Waals surface area contributed by atoms with Gasteiger partial charge >= 0.3 is 6.18 Å². The molecule has 1 saturated carbocycles. The van der Waals surface area contributed by atoms with Crippen molar-refractivity contribution >= 4 is 0 Å². The fraction of sp³-hybridized carbons (Fsp3) is 0.625. The van der Waals surface area contributed by atoms with E-state index in [2.05, 4.69) is 5.32 Å². The van der Waals surface area contributed by atoms with E-state index in [-0.39, 0.29) is 5.54 Å². The molecular formula is C16H20F3N. The van der Waals surface area contributed by atoms with Gasteiger partial charge in [-0.1, -0.05) is 25.0 Å². The Bertz CT molecular complexity index is 452. The molecule has 1 aliphatic carbocycles. The third kappa shape index (κ3) is 2.58. The summed E-state index contributed by atoms with van der Waals surface area (Å²) in [5, 5.41) is 3.65. The van der Waals surface area contributed by atoms with E-state index in [0.29, 0.717) is 5.92 Å². The fourth-order valence-electron chi connectivity index (χ4n) is 3.47. The van der Waals surface area contributed by atoms with Crippen molar-refractivity contribution < 1.29 is 13.2 Å². The molecular weight excluding hydrogens is 263 g/mol. The number of rotatable bonds is 2. The lowest BCUT2D eigenvalue weighted by atomic mass is 9.81. The maximum absolute atomic E-state index is 12.7. The van der Waals surface area contributed by atoms with Gasteiger partial charge in [-0.3, -0.25) is 0 Å². The number of nitrogens with one attached hydrogen (secondary N) is 1. The van der Waals surface area contributed by atoms with Crippen molar-refractivity contribution in [1.82, 2.24) is 5.32 Å². The highest BCUT2D eigenvalue weighted by Crippen LogP contribution is 2.49. The molecule has 1 saturated heterocycles. The highest BCUT2D eigenvalue weighted by molar-refractivity contribution is 5.32. The minimum absolute atomic E-state index is 0.0827. The molecule has 1 nitrogen and oxygen atoms in total. The van der Waals surface area contributed by atoms with Gasteiger partial charge in [0.1, 0.15) is 0 Å². The quantitative estimate of drug-likeness (QED) is 0.844. The molecule has 110 valence electrons. The van der Waals surface area contributed by atoms with Crippen LogP contribution in [0.15, 0.2) is 24.3 Å². The van der Waals surface area contributed by atoms with Crippen molar-refractivity contribution in [3.63, 3.8) is 0 Å². The molecule has 1 atom stereocenters. The lowest BCUT2D eigenvalue weighted by Crippen LogP contribution is -2.43. The summed E-state index contributed by atoms with van der Waals surface area (Å²) in [5.41, 5.74) is 0.399. The van der Waals surface area contributed by atoms with Crippen molar-refractivity contribution in [3.05, 3.63) is 35.4 Å². The van der Waals surface area contributed by atoms with Crippen molar-refractivity contribution in [2.45, 2.75) is 50.2 Å². The van der Waals surface area contributed by atoms with Gasteiger partial charge in [0.2, 0.25) is 0 Å². The molecule has 1 aromatic carbocycles. The molecule has 1 aromatic rings. The van der Waals surface area contributed by atoms with Gasteiger partial charge in [0.25, 0.3) is 0 Å².